The van der Waals surface area contributed by atoms with Gasteiger partial charge < -0.3 is 5.11 Å². The fourth-order valence-corrected chi connectivity index (χ4v) is 2.35. The van der Waals surface area contributed by atoms with E-state index in [2.05, 4.69) is 4.98 Å². The van der Waals surface area contributed by atoms with Gasteiger partial charge in [0.25, 0.3) is 5.56 Å². The lowest BCUT2D eigenvalue weighted by Crippen LogP contribution is -2.23. The van der Waals surface area contributed by atoms with E-state index in [0.29, 0.717) is 22.4 Å². The normalized spacial score (nSPS) is 10.8. The van der Waals surface area contributed by atoms with Crippen LogP contribution in [0, 0.1) is 0 Å². The number of aromatic hydroxyl groups is 1. The highest BCUT2D eigenvalue weighted by Crippen LogP contribution is 2.17. The van der Waals surface area contributed by atoms with Crippen LogP contribution in [0.1, 0.15) is 5.82 Å². The Kier molecular flexibility index (Phi) is 3.16. The summed E-state index contributed by atoms with van der Waals surface area (Å²) >= 11 is 5.91. The van der Waals surface area contributed by atoms with Gasteiger partial charge in [0.05, 0.1) is 22.5 Å². The predicted octanol–water partition coefficient (Wildman–Crippen LogP) is 2.83. The molecule has 3 aromatic rings. The van der Waals surface area contributed by atoms with Gasteiger partial charge in [-0.15, -0.1) is 11.6 Å². The summed E-state index contributed by atoms with van der Waals surface area (Å²) in [5.41, 5.74) is 0.963. The summed E-state index contributed by atoms with van der Waals surface area (Å²) < 4.78 is 1.43. The van der Waals surface area contributed by atoms with Crippen LogP contribution in [0.15, 0.2) is 53.3 Å². The molecule has 1 N–H and O–H groups in total. The first kappa shape index (κ1) is 12.7. The molecule has 0 aliphatic rings. The SMILES string of the molecule is O=c1c2ccccc2nc(CCl)n1-c1cccc(O)c1. The van der Waals surface area contributed by atoms with Gasteiger partial charge >= 0.3 is 0 Å². The number of phenols is 1. The minimum Gasteiger partial charge on any atom is -0.508 e. The molecule has 3 rings (SSSR count). The fourth-order valence-electron chi connectivity index (χ4n) is 2.17. The third-order valence-electron chi connectivity index (χ3n) is 3.05. The highest BCUT2D eigenvalue weighted by atomic mass is 35.5. The van der Waals surface area contributed by atoms with Crippen LogP contribution < -0.4 is 5.56 Å². The number of fused-ring (bicyclic) bond motifs is 1. The van der Waals surface area contributed by atoms with E-state index >= 15 is 0 Å². The molecule has 4 nitrogen and oxygen atoms in total. The molecule has 0 aliphatic carbocycles. The first-order chi connectivity index (χ1) is 9.70. The second kappa shape index (κ2) is 4.98. The Bertz CT molecular complexity index is 843. The number of phenolic OH excluding ortho intramolecular Hbond substituents is 1. The zero-order valence-corrected chi connectivity index (χ0v) is 11.2. The molecule has 100 valence electrons. The highest BCUT2D eigenvalue weighted by Gasteiger charge is 2.11. The Morgan fingerprint density at radius 3 is 2.70 bits per heavy atom. The number of para-hydroxylation sites is 1. The summed E-state index contributed by atoms with van der Waals surface area (Å²) in [6, 6.07) is 13.6. The standard InChI is InChI=1S/C15H11ClN2O2/c16-9-14-17-13-7-2-1-6-12(13)15(20)18(14)10-4-3-5-11(19)8-10/h1-8,19H,9H2. The second-order valence-electron chi connectivity index (χ2n) is 4.34. The second-order valence-corrected chi connectivity index (χ2v) is 4.61. The number of benzene rings is 2. The Morgan fingerprint density at radius 1 is 1.15 bits per heavy atom. The van der Waals surface area contributed by atoms with Crippen molar-refractivity contribution in [2.45, 2.75) is 5.88 Å². The molecule has 0 fully saturated rings. The molecule has 0 unspecified atom stereocenters. The average molecular weight is 287 g/mol. The third kappa shape index (κ3) is 2.04. The molecule has 1 heterocycles. The third-order valence-corrected chi connectivity index (χ3v) is 3.29. The molecule has 0 atom stereocenters. The summed E-state index contributed by atoms with van der Waals surface area (Å²) in [6.45, 7) is 0. The lowest BCUT2D eigenvalue weighted by molar-refractivity contribution is 0.475. The Balaban J connectivity index is 2.40. The molecule has 1 aromatic heterocycles. The van der Waals surface area contributed by atoms with Crippen LogP contribution in [0.2, 0.25) is 0 Å². The van der Waals surface area contributed by atoms with Crippen molar-refractivity contribution in [2.75, 3.05) is 0 Å². The molecule has 5 heteroatoms. The van der Waals surface area contributed by atoms with Crippen LogP contribution in [0.5, 0.6) is 5.75 Å². The molecule has 0 radical (unpaired) electrons. The van der Waals surface area contributed by atoms with Gasteiger partial charge in [-0.1, -0.05) is 18.2 Å². The predicted molar refractivity (Wildman–Crippen MR) is 78.6 cm³/mol. The van der Waals surface area contributed by atoms with Crippen LogP contribution in [0.25, 0.3) is 16.6 Å². The number of nitrogens with zero attached hydrogens (tertiary/aromatic N) is 2. The number of halogens is 1. The van der Waals surface area contributed by atoms with Gasteiger partial charge in [-0.05, 0) is 24.3 Å². The Morgan fingerprint density at radius 2 is 1.95 bits per heavy atom. The maximum Gasteiger partial charge on any atom is 0.266 e. The van der Waals surface area contributed by atoms with Gasteiger partial charge in [-0.25, -0.2) is 4.98 Å². The van der Waals surface area contributed by atoms with Crippen LogP contribution in [-0.2, 0) is 5.88 Å². The summed E-state index contributed by atoms with van der Waals surface area (Å²) in [5, 5.41) is 10.1. The van der Waals surface area contributed by atoms with Gasteiger partial charge in [-0.2, -0.15) is 0 Å². The number of hydrogen-bond donors (Lipinski definition) is 1. The van der Waals surface area contributed by atoms with Crippen molar-refractivity contribution in [1.29, 1.82) is 0 Å². The van der Waals surface area contributed by atoms with Crippen molar-refractivity contribution in [3.8, 4) is 11.4 Å². The van der Waals surface area contributed by atoms with Gasteiger partial charge in [-0.3, -0.25) is 9.36 Å². The van der Waals surface area contributed by atoms with Gasteiger partial charge in [0, 0.05) is 6.07 Å². The van der Waals surface area contributed by atoms with E-state index in [-0.39, 0.29) is 17.2 Å². The van der Waals surface area contributed by atoms with E-state index in [4.69, 9.17) is 11.6 Å². The lowest BCUT2D eigenvalue weighted by Gasteiger charge is -2.12. The molecule has 0 bridgehead atoms. The summed E-state index contributed by atoms with van der Waals surface area (Å²) in [6.07, 6.45) is 0. The van der Waals surface area contributed by atoms with Gasteiger partial charge in [0.15, 0.2) is 0 Å². The zero-order chi connectivity index (χ0) is 14.1. The van der Waals surface area contributed by atoms with Crippen LogP contribution >= 0.6 is 11.6 Å². The van der Waals surface area contributed by atoms with Gasteiger partial charge in [0.1, 0.15) is 11.6 Å². The minimum absolute atomic E-state index is 0.0862. The topological polar surface area (TPSA) is 55.1 Å². The molecule has 0 aliphatic heterocycles. The van der Waals surface area contributed by atoms with Crippen LogP contribution in [0.3, 0.4) is 0 Å². The minimum atomic E-state index is -0.197. The monoisotopic (exact) mass is 286 g/mol. The van der Waals surface area contributed by atoms with E-state index in [1.165, 1.54) is 10.6 Å². The van der Waals surface area contributed by atoms with Crippen LogP contribution in [-0.4, -0.2) is 14.7 Å². The highest BCUT2D eigenvalue weighted by molar-refractivity contribution is 6.16. The molecule has 20 heavy (non-hydrogen) atoms. The van der Waals surface area contributed by atoms with Crippen molar-refractivity contribution in [2.24, 2.45) is 0 Å². The quantitative estimate of drug-likeness (QED) is 0.737. The molecule has 0 saturated heterocycles. The summed E-state index contributed by atoms with van der Waals surface area (Å²) in [5.74, 6) is 0.638. The van der Waals surface area contributed by atoms with Crippen molar-refractivity contribution in [3.05, 3.63) is 64.7 Å². The van der Waals surface area contributed by atoms with Crippen molar-refractivity contribution in [3.63, 3.8) is 0 Å². The zero-order valence-electron chi connectivity index (χ0n) is 10.5. The number of hydrogen-bond acceptors (Lipinski definition) is 3. The van der Waals surface area contributed by atoms with Crippen molar-refractivity contribution < 1.29 is 5.11 Å². The number of alkyl halides is 1. The smallest absolute Gasteiger partial charge is 0.266 e. The van der Waals surface area contributed by atoms with Crippen LogP contribution in [0.4, 0.5) is 0 Å². The largest absolute Gasteiger partial charge is 0.508 e. The van der Waals surface area contributed by atoms with Gasteiger partial charge in [0.2, 0.25) is 0 Å². The molecule has 0 amide bonds. The van der Waals surface area contributed by atoms with Crippen molar-refractivity contribution >= 4 is 22.5 Å². The van der Waals surface area contributed by atoms with E-state index < -0.39 is 0 Å². The van der Waals surface area contributed by atoms with E-state index in [9.17, 15) is 9.90 Å². The number of rotatable bonds is 2. The number of aromatic nitrogens is 2. The van der Waals surface area contributed by atoms with E-state index in [1.807, 2.05) is 6.07 Å². The van der Waals surface area contributed by atoms with E-state index in [0.717, 1.165) is 0 Å². The maximum absolute atomic E-state index is 12.6. The van der Waals surface area contributed by atoms with E-state index in [1.54, 1.807) is 36.4 Å². The maximum atomic E-state index is 12.6. The fraction of sp³-hybridized carbons (Fsp3) is 0.0667. The lowest BCUT2D eigenvalue weighted by atomic mass is 10.2. The van der Waals surface area contributed by atoms with Crippen molar-refractivity contribution in [1.82, 2.24) is 9.55 Å². The Hall–Kier alpha value is -2.33. The average Bonchev–Trinajstić information content (AvgIpc) is 2.47. The summed E-state index contributed by atoms with van der Waals surface area (Å²) in [7, 11) is 0. The first-order valence-corrected chi connectivity index (χ1v) is 6.60. The molecule has 0 spiro atoms. The Labute approximate surface area is 119 Å². The molecular formula is C15H11ClN2O2. The molecular weight excluding hydrogens is 276 g/mol. The molecule has 0 saturated carbocycles. The first-order valence-electron chi connectivity index (χ1n) is 6.07. The summed E-state index contributed by atoms with van der Waals surface area (Å²) in [4.78, 5) is 17.0. The molecule has 2 aromatic carbocycles.